The van der Waals surface area contributed by atoms with E-state index < -0.39 is 77.8 Å². The van der Waals surface area contributed by atoms with Crippen molar-refractivity contribution in [1.29, 1.82) is 0 Å². The fourth-order valence-corrected chi connectivity index (χ4v) is 2.49. The lowest BCUT2D eigenvalue weighted by molar-refractivity contribution is -0.539. The van der Waals surface area contributed by atoms with E-state index in [1.807, 2.05) is 9.47 Å². The number of halogens is 18. The fourth-order valence-electron chi connectivity index (χ4n) is 2.49. The van der Waals surface area contributed by atoms with Gasteiger partial charge in [-0.15, -0.1) is 0 Å². The maximum atomic E-state index is 15.1. The van der Waals surface area contributed by atoms with Gasteiger partial charge in [-0.1, -0.05) is 0 Å². The standard InChI is InChI=1S/C13H4F18O6/c14-4(1-5(15,16)9(21,22)10(23,24)8(4,19)20)13(31,36-6(17,2(32)33)11(25,26)27)37-7(18,3(34)35)12(28,29)30/h1H2,(H,32,33)(H,34,35). The van der Waals surface area contributed by atoms with Crippen LogP contribution < -0.4 is 0 Å². The van der Waals surface area contributed by atoms with Crippen LogP contribution in [0.3, 0.4) is 0 Å². The third kappa shape index (κ3) is 4.09. The summed E-state index contributed by atoms with van der Waals surface area (Å²) >= 11 is 0. The molecule has 0 aromatic rings. The molecule has 0 aliphatic heterocycles. The first kappa shape index (κ1) is 32.6. The van der Waals surface area contributed by atoms with E-state index in [2.05, 4.69) is 0 Å². The van der Waals surface area contributed by atoms with Crippen LogP contribution in [0.15, 0.2) is 0 Å². The molecule has 0 saturated heterocycles. The molecule has 0 radical (unpaired) electrons. The lowest BCUT2D eigenvalue weighted by Gasteiger charge is -2.52. The number of ether oxygens (including phenoxy) is 2. The lowest BCUT2D eigenvalue weighted by Crippen LogP contribution is -2.81. The van der Waals surface area contributed by atoms with Crippen molar-refractivity contribution in [1.82, 2.24) is 0 Å². The maximum Gasteiger partial charge on any atom is 0.460 e. The normalized spacial score (nSPS) is 29.9. The van der Waals surface area contributed by atoms with Gasteiger partial charge in [-0.3, -0.25) is 9.47 Å². The van der Waals surface area contributed by atoms with Crippen molar-refractivity contribution in [3.8, 4) is 0 Å². The van der Waals surface area contributed by atoms with Crippen molar-refractivity contribution in [3.05, 3.63) is 0 Å². The molecule has 24 heteroatoms. The second-order valence-corrected chi connectivity index (χ2v) is 6.94. The molecule has 218 valence electrons. The summed E-state index contributed by atoms with van der Waals surface area (Å²) in [7, 11) is 0. The molecule has 1 aliphatic carbocycles. The molecule has 37 heavy (non-hydrogen) atoms. The average Bonchev–Trinajstić information content (AvgIpc) is 2.63. The van der Waals surface area contributed by atoms with Crippen LogP contribution in [0.25, 0.3) is 0 Å². The molecular formula is C13H4F18O6. The molecule has 0 aromatic heterocycles. The van der Waals surface area contributed by atoms with Crippen LogP contribution in [-0.4, -0.2) is 81.6 Å². The molecule has 1 saturated carbocycles. The summed E-state index contributed by atoms with van der Waals surface area (Å²) in [5.74, 6) is -54.6. The third-order valence-electron chi connectivity index (χ3n) is 4.51. The summed E-state index contributed by atoms with van der Waals surface area (Å²) in [5.41, 5.74) is -7.76. The molecule has 1 aliphatic rings. The zero-order valence-electron chi connectivity index (χ0n) is 16.0. The summed E-state index contributed by atoms with van der Waals surface area (Å²) in [6.45, 7) is 0. The van der Waals surface area contributed by atoms with Crippen LogP contribution in [0, 0.1) is 0 Å². The predicted octanol–water partition coefficient (Wildman–Crippen LogP) is 4.92. The first-order valence-corrected chi connectivity index (χ1v) is 8.03. The van der Waals surface area contributed by atoms with Gasteiger partial charge in [0.1, 0.15) is 0 Å². The molecule has 0 aromatic carbocycles. The zero-order valence-corrected chi connectivity index (χ0v) is 16.0. The Morgan fingerprint density at radius 1 is 0.568 bits per heavy atom. The van der Waals surface area contributed by atoms with E-state index >= 15 is 4.39 Å². The lowest BCUT2D eigenvalue weighted by atomic mass is 9.74. The quantitative estimate of drug-likeness (QED) is 0.320. The molecule has 6 nitrogen and oxygen atoms in total. The Hall–Kier alpha value is -2.40. The van der Waals surface area contributed by atoms with Crippen molar-refractivity contribution < 1.29 is 108 Å². The Morgan fingerprint density at radius 2 is 0.865 bits per heavy atom. The average molecular weight is 598 g/mol. The second kappa shape index (κ2) is 8.05. The summed E-state index contributed by atoms with van der Waals surface area (Å²) in [6, 6.07) is -7.99. The monoisotopic (exact) mass is 598 g/mol. The van der Waals surface area contributed by atoms with Gasteiger partial charge in [0.05, 0.1) is 6.42 Å². The highest BCUT2D eigenvalue weighted by atomic mass is 19.4. The highest BCUT2D eigenvalue weighted by Gasteiger charge is 2.96. The number of carboxylic acid groups (broad SMARTS) is 2. The SMILES string of the molecule is O=C(O)C(F)(OC(F)(OC(F)(C(=O)O)C(F)(F)F)C1(F)CC(F)(F)C(F)(F)C(F)(F)C1(F)F)C(F)(F)F. The smallest absolute Gasteiger partial charge is 0.460 e. The maximum absolute atomic E-state index is 15.1. The first-order valence-electron chi connectivity index (χ1n) is 8.03. The Morgan fingerprint density at radius 3 is 1.11 bits per heavy atom. The minimum absolute atomic E-state index is 1.88. The van der Waals surface area contributed by atoms with Gasteiger partial charge in [0.25, 0.3) is 5.67 Å². The molecular weight excluding hydrogens is 594 g/mol. The van der Waals surface area contributed by atoms with Crippen LogP contribution >= 0.6 is 0 Å². The summed E-state index contributed by atoms with van der Waals surface area (Å²) < 4.78 is 247. The molecule has 2 N–H and O–H groups in total. The highest BCUT2D eigenvalue weighted by molar-refractivity contribution is 5.77. The predicted molar refractivity (Wildman–Crippen MR) is 69.3 cm³/mol. The number of rotatable bonds is 7. The number of hydrogen-bond acceptors (Lipinski definition) is 4. The Kier molecular flexibility index (Phi) is 7.10. The van der Waals surface area contributed by atoms with E-state index in [0.717, 1.165) is 0 Å². The molecule has 1 fully saturated rings. The molecule has 0 bridgehead atoms. The molecule has 3 unspecified atom stereocenters. The van der Waals surface area contributed by atoms with E-state index in [-0.39, 0.29) is 0 Å². The first-order chi connectivity index (χ1) is 15.8. The van der Waals surface area contributed by atoms with Crippen LogP contribution in [0.1, 0.15) is 6.42 Å². The number of carboxylic acids is 2. The van der Waals surface area contributed by atoms with Gasteiger partial charge in [-0.05, 0) is 0 Å². The number of alkyl halides is 18. The van der Waals surface area contributed by atoms with Crippen LogP contribution in [0.4, 0.5) is 79.0 Å². The van der Waals surface area contributed by atoms with Gasteiger partial charge in [-0.2, -0.15) is 74.6 Å². The van der Waals surface area contributed by atoms with Crippen molar-refractivity contribution in [3.63, 3.8) is 0 Å². The molecule has 0 spiro atoms. The highest BCUT2D eigenvalue weighted by Crippen LogP contribution is 2.68. The van der Waals surface area contributed by atoms with Crippen molar-refractivity contribution in [2.24, 2.45) is 0 Å². The number of hydrogen-bond donors (Lipinski definition) is 2. The van der Waals surface area contributed by atoms with Gasteiger partial charge >= 0.3 is 65.7 Å². The van der Waals surface area contributed by atoms with Gasteiger partial charge in [0.15, 0.2) is 0 Å². The van der Waals surface area contributed by atoms with Crippen molar-refractivity contribution >= 4 is 11.9 Å². The van der Waals surface area contributed by atoms with E-state index in [0.29, 0.717) is 0 Å². The number of carbonyl (C=O) groups is 2. The summed E-state index contributed by atoms with van der Waals surface area (Å²) in [4.78, 5) is 21.1. The fraction of sp³-hybridized carbons (Fsp3) is 0.846. The van der Waals surface area contributed by atoms with E-state index in [1.165, 1.54) is 0 Å². The van der Waals surface area contributed by atoms with Crippen molar-refractivity contribution in [2.45, 2.75) is 65.9 Å². The Labute approximate surface area is 187 Å². The molecule has 1 rings (SSSR count). The minimum Gasteiger partial charge on any atom is -0.477 e. The van der Waals surface area contributed by atoms with E-state index in [4.69, 9.17) is 10.2 Å². The zero-order chi connectivity index (χ0) is 30.3. The molecule has 0 heterocycles. The van der Waals surface area contributed by atoms with Crippen LogP contribution in [-0.2, 0) is 19.1 Å². The van der Waals surface area contributed by atoms with E-state index in [1.54, 1.807) is 0 Å². The van der Waals surface area contributed by atoms with E-state index in [9.17, 15) is 84.2 Å². The Bertz CT molecular complexity index is 903. The second-order valence-electron chi connectivity index (χ2n) is 6.94. The van der Waals surface area contributed by atoms with Crippen LogP contribution in [0.5, 0.6) is 0 Å². The van der Waals surface area contributed by atoms with Gasteiger partial charge in [-0.25, -0.2) is 14.0 Å². The number of aliphatic carboxylic acids is 2. The minimum atomic E-state index is -8.14. The summed E-state index contributed by atoms with van der Waals surface area (Å²) in [6.07, 6.45) is -19.9. The largest absolute Gasteiger partial charge is 0.477 e. The molecule has 3 atom stereocenters. The summed E-state index contributed by atoms with van der Waals surface area (Å²) in [5, 5.41) is 16.4. The third-order valence-corrected chi connectivity index (χ3v) is 4.51. The van der Waals surface area contributed by atoms with Crippen molar-refractivity contribution in [2.75, 3.05) is 0 Å². The Balaban J connectivity index is 4.23. The van der Waals surface area contributed by atoms with Crippen LogP contribution in [0.2, 0.25) is 0 Å². The van der Waals surface area contributed by atoms with Gasteiger partial charge in [0, 0.05) is 0 Å². The van der Waals surface area contributed by atoms with Gasteiger partial charge < -0.3 is 10.2 Å². The topological polar surface area (TPSA) is 93.1 Å². The van der Waals surface area contributed by atoms with Gasteiger partial charge in [0.2, 0.25) is 0 Å². The molecule has 0 amide bonds.